The van der Waals surface area contributed by atoms with E-state index < -0.39 is 5.91 Å². The first-order chi connectivity index (χ1) is 15.4. The number of hydrogen-bond acceptors (Lipinski definition) is 5. The third-order valence-electron chi connectivity index (χ3n) is 4.62. The van der Waals surface area contributed by atoms with Crippen molar-refractivity contribution in [3.05, 3.63) is 93.3 Å². The molecule has 0 radical (unpaired) electrons. The number of ether oxygens (including phenoxy) is 1. The van der Waals surface area contributed by atoms with Crippen LogP contribution in [0, 0.1) is 12.7 Å². The number of hydrogen-bond donors (Lipinski definition) is 1. The van der Waals surface area contributed by atoms with Crippen molar-refractivity contribution in [2.45, 2.75) is 20.1 Å². The zero-order valence-electron chi connectivity index (χ0n) is 16.8. The minimum absolute atomic E-state index is 0.0420. The number of nitrogens with zero attached hydrogens (tertiary/aromatic N) is 3. The highest BCUT2D eigenvalue weighted by Gasteiger charge is 2.21. The van der Waals surface area contributed by atoms with Crippen LogP contribution in [0.4, 0.5) is 10.1 Å². The highest BCUT2D eigenvalue weighted by atomic mass is 35.5. The second-order valence-electron chi connectivity index (χ2n) is 6.94. The van der Waals surface area contributed by atoms with Gasteiger partial charge in [0.1, 0.15) is 23.9 Å². The van der Waals surface area contributed by atoms with Crippen LogP contribution in [0.2, 0.25) is 10.0 Å². The molecule has 0 aliphatic carbocycles. The lowest BCUT2D eigenvalue weighted by molar-refractivity contribution is 0.101. The van der Waals surface area contributed by atoms with E-state index in [1.54, 1.807) is 29.9 Å². The molecule has 0 bridgehead atoms. The van der Waals surface area contributed by atoms with E-state index in [1.165, 1.54) is 30.5 Å². The van der Waals surface area contributed by atoms with Crippen molar-refractivity contribution >= 4 is 34.8 Å². The maximum absolute atomic E-state index is 13.0. The SMILES string of the molecule is Cc1onc(C(=O)Nc2cnn(Cc3ccc(Cl)c(Cl)c3)c2)c1COc1ccc(F)cc1. The summed E-state index contributed by atoms with van der Waals surface area (Å²) in [6, 6.07) is 10.9. The van der Waals surface area contributed by atoms with Crippen LogP contribution in [0.1, 0.15) is 27.4 Å². The van der Waals surface area contributed by atoms with Gasteiger partial charge in [-0.25, -0.2) is 4.39 Å². The van der Waals surface area contributed by atoms with Crippen molar-refractivity contribution in [1.82, 2.24) is 14.9 Å². The van der Waals surface area contributed by atoms with Crippen molar-refractivity contribution in [3.63, 3.8) is 0 Å². The van der Waals surface area contributed by atoms with Crippen LogP contribution in [0.25, 0.3) is 0 Å². The Kier molecular flexibility index (Phi) is 6.43. The second-order valence-corrected chi connectivity index (χ2v) is 7.75. The third kappa shape index (κ3) is 5.09. The molecule has 2 aromatic carbocycles. The summed E-state index contributed by atoms with van der Waals surface area (Å²) in [6.45, 7) is 2.18. The molecule has 4 rings (SSSR count). The van der Waals surface area contributed by atoms with Gasteiger partial charge in [-0.3, -0.25) is 9.48 Å². The molecular weight excluding hydrogens is 458 g/mol. The van der Waals surface area contributed by atoms with Gasteiger partial charge in [-0.15, -0.1) is 0 Å². The Morgan fingerprint density at radius 3 is 2.72 bits per heavy atom. The molecule has 2 heterocycles. The molecule has 0 aliphatic heterocycles. The topological polar surface area (TPSA) is 82.2 Å². The van der Waals surface area contributed by atoms with Crippen LogP contribution in [-0.2, 0) is 13.2 Å². The Labute approximate surface area is 192 Å². The van der Waals surface area contributed by atoms with E-state index in [1.807, 2.05) is 6.07 Å². The number of carbonyl (C=O) groups is 1. The molecule has 0 fully saturated rings. The van der Waals surface area contributed by atoms with Crippen LogP contribution < -0.4 is 10.1 Å². The van der Waals surface area contributed by atoms with Crippen molar-refractivity contribution < 1.29 is 18.4 Å². The van der Waals surface area contributed by atoms with Gasteiger partial charge < -0.3 is 14.6 Å². The fourth-order valence-electron chi connectivity index (χ4n) is 2.96. The molecule has 4 aromatic rings. The number of rotatable bonds is 7. The molecule has 1 amide bonds. The van der Waals surface area contributed by atoms with Gasteiger partial charge in [0.25, 0.3) is 5.91 Å². The molecule has 164 valence electrons. The number of halogens is 3. The monoisotopic (exact) mass is 474 g/mol. The van der Waals surface area contributed by atoms with E-state index in [4.69, 9.17) is 32.5 Å². The number of amides is 1. The van der Waals surface area contributed by atoms with E-state index in [0.717, 1.165) is 5.56 Å². The molecule has 0 aliphatic rings. The summed E-state index contributed by atoms with van der Waals surface area (Å²) in [4.78, 5) is 12.7. The van der Waals surface area contributed by atoms with Gasteiger partial charge in [-0.05, 0) is 48.9 Å². The van der Waals surface area contributed by atoms with Gasteiger partial charge in [0.05, 0.1) is 34.0 Å². The molecule has 7 nitrogen and oxygen atoms in total. The summed E-state index contributed by atoms with van der Waals surface area (Å²) in [6.07, 6.45) is 3.21. The third-order valence-corrected chi connectivity index (χ3v) is 5.36. The molecule has 2 aromatic heterocycles. The Hall–Kier alpha value is -3.36. The molecule has 0 saturated heterocycles. The number of carbonyl (C=O) groups excluding carboxylic acids is 1. The zero-order valence-corrected chi connectivity index (χ0v) is 18.3. The molecule has 0 unspecified atom stereocenters. The molecule has 0 spiro atoms. The summed E-state index contributed by atoms with van der Waals surface area (Å²) in [5.41, 5.74) is 1.99. The van der Waals surface area contributed by atoms with Crippen molar-refractivity contribution in [2.24, 2.45) is 0 Å². The predicted molar refractivity (Wildman–Crippen MR) is 118 cm³/mol. The van der Waals surface area contributed by atoms with Gasteiger partial charge in [0, 0.05) is 6.20 Å². The second kappa shape index (κ2) is 9.42. The summed E-state index contributed by atoms with van der Waals surface area (Å²) < 4.78 is 25.5. The number of aromatic nitrogens is 3. The Morgan fingerprint density at radius 2 is 1.97 bits per heavy atom. The molecule has 10 heteroatoms. The summed E-state index contributed by atoms with van der Waals surface area (Å²) >= 11 is 12.0. The lowest BCUT2D eigenvalue weighted by Crippen LogP contribution is -2.15. The standard InChI is InChI=1S/C22H17Cl2FN4O3/c1-13-18(12-31-17-5-3-15(25)4-6-17)21(28-32-13)22(30)27-16-9-26-29(11-16)10-14-2-7-19(23)20(24)8-14/h2-9,11H,10,12H2,1H3,(H,27,30). The molecule has 1 N–H and O–H groups in total. The largest absolute Gasteiger partial charge is 0.489 e. The fraction of sp³-hybridized carbons (Fsp3) is 0.136. The normalized spacial score (nSPS) is 10.9. The maximum atomic E-state index is 13.0. The van der Waals surface area contributed by atoms with Crippen molar-refractivity contribution in [1.29, 1.82) is 0 Å². The van der Waals surface area contributed by atoms with Crippen molar-refractivity contribution in [3.8, 4) is 5.75 Å². The Bertz CT molecular complexity index is 1250. The zero-order chi connectivity index (χ0) is 22.7. The molecule has 0 atom stereocenters. The van der Waals surface area contributed by atoms with Crippen LogP contribution in [0.5, 0.6) is 5.75 Å². The average Bonchev–Trinajstić information content (AvgIpc) is 3.36. The quantitative estimate of drug-likeness (QED) is 0.382. The number of benzene rings is 2. The van der Waals surface area contributed by atoms with Gasteiger partial charge in [0.2, 0.25) is 0 Å². The van der Waals surface area contributed by atoms with Gasteiger partial charge in [-0.2, -0.15) is 5.10 Å². The van der Waals surface area contributed by atoms with Crippen LogP contribution >= 0.6 is 23.2 Å². The summed E-state index contributed by atoms with van der Waals surface area (Å²) in [5.74, 6) is 0.0847. The van der Waals surface area contributed by atoms with E-state index in [-0.39, 0.29) is 18.1 Å². The van der Waals surface area contributed by atoms with Crippen LogP contribution in [0.3, 0.4) is 0 Å². The molecule has 32 heavy (non-hydrogen) atoms. The highest BCUT2D eigenvalue weighted by Crippen LogP contribution is 2.23. The fourth-order valence-corrected chi connectivity index (χ4v) is 3.28. The first-order valence-corrected chi connectivity index (χ1v) is 10.3. The number of anilines is 1. The Morgan fingerprint density at radius 1 is 1.19 bits per heavy atom. The maximum Gasteiger partial charge on any atom is 0.278 e. The van der Waals surface area contributed by atoms with Gasteiger partial charge in [0.15, 0.2) is 5.69 Å². The minimum atomic E-state index is -0.464. The lowest BCUT2D eigenvalue weighted by Gasteiger charge is -2.07. The molecular formula is C22H17Cl2FN4O3. The highest BCUT2D eigenvalue weighted by molar-refractivity contribution is 6.42. The summed E-state index contributed by atoms with van der Waals surface area (Å²) in [5, 5.41) is 11.8. The van der Waals surface area contributed by atoms with E-state index >= 15 is 0 Å². The van der Waals surface area contributed by atoms with Gasteiger partial charge in [-0.1, -0.05) is 34.4 Å². The van der Waals surface area contributed by atoms with Gasteiger partial charge >= 0.3 is 0 Å². The van der Waals surface area contributed by atoms with Crippen molar-refractivity contribution in [2.75, 3.05) is 5.32 Å². The summed E-state index contributed by atoms with van der Waals surface area (Å²) in [7, 11) is 0. The van der Waals surface area contributed by atoms with E-state index in [9.17, 15) is 9.18 Å². The number of nitrogens with one attached hydrogen (secondary N) is 1. The molecule has 0 saturated carbocycles. The van der Waals surface area contributed by atoms with E-state index in [2.05, 4.69) is 15.6 Å². The smallest absolute Gasteiger partial charge is 0.278 e. The average molecular weight is 475 g/mol. The number of aryl methyl sites for hydroxylation is 1. The predicted octanol–water partition coefficient (Wildman–Crippen LogP) is 5.51. The Balaban J connectivity index is 1.42. The van der Waals surface area contributed by atoms with Crippen LogP contribution in [-0.4, -0.2) is 20.8 Å². The first-order valence-electron chi connectivity index (χ1n) is 9.50. The minimum Gasteiger partial charge on any atom is -0.489 e. The van der Waals surface area contributed by atoms with Crippen LogP contribution in [0.15, 0.2) is 59.4 Å². The van der Waals surface area contributed by atoms with E-state index in [0.29, 0.717) is 39.4 Å². The first kappa shape index (κ1) is 21.9. The lowest BCUT2D eigenvalue weighted by atomic mass is 10.2.